The van der Waals surface area contributed by atoms with Crippen molar-refractivity contribution in [3.63, 3.8) is 0 Å². The predicted octanol–water partition coefficient (Wildman–Crippen LogP) is 1.07. The van der Waals surface area contributed by atoms with Gasteiger partial charge in [0, 0.05) is 22.9 Å². The van der Waals surface area contributed by atoms with Crippen LogP contribution in [0.2, 0.25) is 0 Å². The molecule has 3 N–H and O–H groups in total. The van der Waals surface area contributed by atoms with Crippen LogP contribution in [0, 0.1) is 0 Å². The molecule has 0 unspecified atom stereocenters. The Hall–Kier alpha value is -1.69. The molecule has 4 rings (SSSR count). The van der Waals surface area contributed by atoms with E-state index < -0.39 is 0 Å². The Balaban J connectivity index is 1.40. The number of piperazine rings is 1. The lowest BCUT2D eigenvalue weighted by molar-refractivity contribution is -1.02. The molecule has 5 heteroatoms. The summed E-state index contributed by atoms with van der Waals surface area (Å²) in [6.07, 6.45) is 4.97. The van der Waals surface area contributed by atoms with Crippen LogP contribution in [0.4, 0.5) is 5.00 Å². The van der Waals surface area contributed by atoms with Crippen molar-refractivity contribution >= 4 is 22.2 Å². The minimum atomic E-state index is 0.0574. The fourth-order valence-electron chi connectivity index (χ4n) is 4.52. The Morgan fingerprint density at radius 2 is 1.67 bits per heavy atom. The van der Waals surface area contributed by atoms with Crippen LogP contribution >= 0.6 is 11.3 Å². The fourth-order valence-corrected chi connectivity index (χ4v) is 5.88. The number of aryl methyl sites for hydroxylation is 1. The van der Waals surface area contributed by atoms with E-state index in [1.165, 1.54) is 67.9 Å². The molecule has 0 saturated carbocycles. The third-order valence-electron chi connectivity index (χ3n) is 5.96. The van der Waals surface area contributed by atoms with Crippen molar-refractivity contribution < 1.29 is 14.6 Å². The summed E-state index contributed by atoms with van der Waals surface area (Å²) in [5.74, 6) is 0.0574. The van der Waals surface area contributed by atoms with E-state index >= 15 is 0 Å². The molecule has 0 radical (unpaired) electrons. The van der Waals surface area contributed by atoms with E-state index in [0.717, 1.165) is 18.1 Å². The fraction of sp³-hybridized carbons (Fsp3) is 0.500. The number of carbonyl (C=O) groups is 1. The van der Waals surface area contributed by atoms with Gasteiger partial charge in [0.25, 0.3) is 0 Å². The highest BCUT2D eigenvalue weighted by atomic mass is 32.1. The minimum absolute atomic E-state index is 0.0574. The maximum Gasteiger partial charge on any atom is 0.221 e. The van der Waals surface area contributed by atoms with E-state index in [2.05, 4.69) is 35.6 Å². The van der Waals surface area contributed by atoms with Gasteiger partial charge in [-0.1, -0.05) is 30.3 Å². The van der Waals surface area contributed by atoms with Crippen molar-refractivity contribution in [2.75, 3.05) is 31.5 Å². The van der Waals surface area contributed by atoms with Gasteiger partial charge in [-0.25, -0.2) is 0 Å². The van der Waals surface area contributed by atoms with Gasteiger partial charge in [0.15, 0.2) is 0 Å². The molecule has 2 aliphatic rings. The molecule has 2 aromatic rings. The summed E-state index contributed by atoms with van der Waals surface area (Å²) in [4.78, 5) is 16.6. The molecule has 0 spiro atoms. The molecule has 144 valence electrons. The first-order chi connectivity index (χ1) is 13.2. The van der Waals surface area contributed by atoms with Crippen molar-refractivity contribution in [1.29, 1.82) is 0 Å². The SMILES string of the molecule is CC(=O)Nc1sc2c(c1C[NH+]1CC[NH+](Cc3ccccc3)CC1)CCCC2. The van der Waals surface area contributed by atoms with E-state index in [1.807, 2.05) is 11.3 Å². The van der Waals surface area contributed by atoms with Crippen LogP contribution in [0.1, 0.15) is 41.3 Å². The Morgan fingerprint density at radius 1 is 1.00 bits per heavy atom. The summed E-state index contributed by atoms with van der Waals surface area (Å²) in [5, 5.41) is 4.25. The predicted molar refractivity (Wildman–Crippen MR) is 111 cm³/mol. The molecular formula is C22H31N3OS+2. The molecule has 0 atom stereocenters. The molecule has 27 heavy (non-hydrogen) atoms. The number of carbonyl (C=O) groups excluding carboxylic acids is 1. The molecule has 1 aliphatic heterocycles. The Morgan fingerprint density at radius 3 is 2.37 bits per heavy atom. The lowest BCUT2D eigenvalue weighted by atomic mass is 9.95. The van der Waals surface area contributed by atoms with Gasteiger partial charge < -0.3 is 15.1 Å². The van der Waals surface area contributed by atoms with Gasteiger partial charge >= 0.3 is 0 Å². The van der Waals surface area contributed by atoms with Crippen LogP contribution in [0.15, 0.2) is 30.3 Å². The van der Waals surface area contributed by atoms with Gasteiger partial charge in [-0.05, 0) is 31.2 Å². The zero-order valence-electron chi connectivity index (χ0n) is 16.3. The lowest BCUT2D eigenvalue weighted by Gasteiger charge is -2.30. The number of thiophene rings is 1. The van der Waals surface area contributed by atoms with Crippen molar-refractivity contribution in [1.82, 2.24) is 0 Å². The first-order valence-electron chi connectivity index (χ1n) is 10.3. The van der Waals surface area contributed by atoms with Crippen molar-refractivity contribution in [3.05, 3.63) is 51.9 Å². The average molecular weight is 386 g/mol. The van der Waals surface area contributed by atoms with E-state index in [1.54, 1.807) is 22.3 Å². The second kappa shape index (κ2) is 8.55. The maximum absolute atomic E-state index is 11.7. The standard InChI is InChI=1S/C22H29N3OS/c1-17(26)23-22-20(19-9-5-6-10-21(19)27-22)16-25-13-11-24(12-14-25)15-18-7-3-2-4-8-18/h2-4,7-8H,5-6,9-16H2,1H3,(H,23,26)/p+2. The van der Waals surface area contributed by atoms with Gasteiger partial charge in [-0.15, -0.1) is 11.3 Å². The highest BCUT2D eigenvalue weighted by Crippen LogP contribution is 2.37. The minimum Gasteiger partial charge on any atom is -0.322 e. The number of hydrogen-bond donors (Lipinski definition) is 3. The number of amides is 1. The number of fused-ring (bicyclic) bond motifs is 1. The van der Waals surface area contributed by atoms with Crippen LogP contribution in [-0.4, -0.2) is 32.1 Å². The second-order valence-electron chi connectivity index (χ2n) is 8.04. The molecule has 1 amide bonds. The monoisotopic (exact) mass is 385 g/mol. The first kappa shape index (κ1) is 18.7. The van der Waals surface area contributed by atoms with Crippen LogP contribution < -0.4 is 15.1 Å². The number of hydrogen-bond acceptors (Lipinski definition) is 2. The van der Waals surface area contributed by atoms with E-state index in [-0.39, 0.29) is 5.91 Å². The molecule has 1 aromatic carbocycles. The van der Waals surface area contributed by atoms with E-state index in [4.69, 9.17) is 0 Å². The average Bonchev–Trinajstić information content (AvgIpc) is 3.01. The molecule has 1 fully saturated rings. The first-order valence-corrected chi connectivity index (χ1v) is 11.1. The van der Waals surface area contributed by atoms with Crippen LogP contribution in [0.25, 0.3) is 0 Å². The molecule has 1 aromatic heterocycles. The molecule has 1 aliphatic carbocycles. The summed E-state index contributed by atoms with van der Waals surface area (Å²) in [7, 11) is 0. The molecule has 0 bridgehead atoms. The summed E-state index contributed by atoms with van der Waals surface area (Å²) in [5.41, 5.74) is 4.43. The van der Waals surface area contributed by atoms with Crippen LogP contribution in [0.5, 0.6) is 0 Å². The quantitative estimate of drug-likeness (QED) is 0.708. The number of benzene rings is 1. The van der Waals surface area contributed by atoms with Gasteiger partial charge in [0.2, 0.25) is 5.91 Å². The highest BCUT2D eigenvalue weighted by Gasteiger charge is 2.28. The van der Waals surface area contributed by atoms with Crippen LogP contribution in [0.3, 0.4) is 0 Å². The normalized spacial score (nSPS) is 22.3. The Labute approximate surface area is 166 Å². The number of rotatable bonds is 5. The molecule has 2 heterocycles. The summed E-state index contributed by atoms with van der Waals surface area (Å²) in [6, 6.07) is 10.8. The Kier molecular flexibility index (Phi) is 5.91. The molecular weight excluding hydrogens is 354 g/mol. The molecule has 4 nitrogen and oxygen atoms in total. The Bertz CT molecular complexity index is 778. The van der Waals surface area contributed by atoms with Gasteiger partial charge in [0.1, 0.15) is 44.3 Å². The van der Waals surface area contributed by atoms with Gasteiger partial charge in [0.05, 0.1) is 0 Å². The summed E-state index contributed by atoms with van der Waals surface area (Å²) in [6.45, 7) is 8.72. The van der Waals surface area contributed by atoms with Gasteiger partial charge in [-0.2, -0.15) is 0 Å². The summed E-state index contributed by atoms with van der Waals surface area (Å²) < 4.78 is 0. The largest absolute Gasteiger partial charge is 0.322 e. The third kappa shape index (κ3) is 4.60. The topological polar surface area (TPSA) is 38.0 Å². The highest BCUT2D eigenvalue weighted by molar-refractivity contribution is 7.16. The van der Waals surface area contributed by atoms with Crippen molar-refractivity contribution in [2.45, 2.75) is 45.7 Å². The van der Waals surface area contributed by atoms with Crippen LogP contribution in [-0.2, 0) is 30.7 Å². The smallest absolute Gasteiger partial charge is 0.221 e. The maximum atomic E-state index is 11.7. The zero-order chi connectivity index (χ0) is 18.6. The molecule has 1 saturated heterocycles. The van der Waals surface area contributed by atoms with E-state index in [0.29, 0.717) is 0 Å². The second-order valence-corrected chi connectivity index (χ2v) is 9.14. The van der Waals surface area contributed by atoms with Crippen molar-refractivity contribution in [2.24, 2.45) is 0 Å². The third-order valence-corrected chi connectivity index (χ3v) is 7.21. The summed E-state index contributed by atoms with van der Waals surface area (Å²) >= 11 is 1.83. The number of nitrogens with one attached hydrogen (secondary N) is 3. The number of quaternary nitrogens is 2. The lowest BCUT2D eigenvalue weighted by Crippen LogP contribution is -3.27. The zero-order valence-corrected chi connectivity index (χ0v) is 17.1. The van der Waals surface area contributed by atoms with Gasteiger partial charge in [-0.3, -0.25) is 4.79 Å². The van der Waals surface area contributed by atoms with E-state index in [9.17, 15) is 4.79 Å². The van der Waals surface area contributed by atoms with Crippen molar-refractivity contribution in [3.8, 4) is 0 Å². The number of anilines is 1.